The predicted octanol–water partition coefficient (Wildman–Crippen LogP) is 5.36. The number of ether oxygens (including phenoxy) is 1. The van der Waals surface area contributed by atoms with E-state index in [1.165, 1.54) is 18.3 Å². The van der Waals surface area contributed by atoms with Gasteiger partial charge in [0, 0.05) is 21.8 Å². The van der Waals surface area contributed by atoms with Gasteiger partial charge < -0.3 is 10.1 Å². The van der Waals surface area contributed by atoms with Crippen molar-refractivity contribution in [3.05, 3.63) is 93.2 Å². The number of anilines is 1. The van der Waals surface area contributed by atoms with Gasteiger partial charge in [0.05, 0.1) is 11.2 Å². The van der Waals surface area contributed by atoms with Gasteiger partial charge in [0.25, 0.3) is 0 Å². The van der Waals surface area contributed by atoms with Crippen molar-refractivity contribution >= 4 is 46.9 Å². The minimum Gasteiger partial charge on any atom is -0.488 e. The molecule has 33 heavy (non-hydrogen) atoms. The van der Waals surface area contributed by atoms with Gasteiger partial charge in [-0.15, -0.1) is 0 Å². The van der Waals surface area contributed by atoms with Crippen LogP contribution < -0.4 is 15.5 Å². The third-order valence-electron chi connectivity index (χ3n) is 4.60. The molecule has 0 spiro atoms. The summed E-state index contributed by atoms with van der Waals surface area (Å²) in [5.74, 6) is -1.98. The molecular weight excluding hydrogens is 468 g/mol. The molecule has 3 aromatic rings. The van der Waals surface area contributed by atoms with Crippen molar-refractivity contribution in [2.24, 2.45) is 5.10 Å². The second-order valence-electron chi connectivity index (χ2n) is 6.87. The number of hydrogen-bond acceptors (Lipinski definition) is 4. The molecule has 0 fully saturated rings. The molecule has 0 aliphatic carbocycles. The van der Waals surface area contributed by atoms with Crippen LogP contribution in [0, 0.1) is 5.82 Å². The molecular formula is C24H20Cl2FN3O3. The molecule has 3 aromatic carbocycles. The lowest BCUT2D eigenvalue weighted by Crippen LogP contribution is -2.32. The molecule has 0 atom stereocenters. The lowest BCUT2D eigenvalue weighted by atomic mass is 10.1. The molecule has 0 saturated carbocycles. The molecule has 0 aliphatic heterocycles. The lowest BCUT2D eigenvalue weighted by molar-refractivity contribution is -0.136. The zero-order valence-electron chi connectivity index (χ0n) is 17.6. The number of aryl methyl sites for hydroxylation is 1. The summed E-state index contributed by atoms with van der Waals surface area (Å²) in [4.78, 5) is 24.1. The van der Waals surface area contributed by atoms with E-state index in [0.29, 0.717) is 22.0 Å². The number of benzene rings is 3. The van der Waals surface area contributed by atoms with Crippen molar-refractivity contribution in [2.45, 2.75) is 20.0 Å². The van der Waals surface area contributed by atoms with Crippen LogP contribution in [0.15, 0.2) is 65.8 Å². The normalized spacial score (nSPS) is 10.8. The van der Waals surface area contributed by atoms with E-state index >= 15 is 0 Å². The summed E-state index contributed by atoms with van der Waals surface area (Å²) in [5, 5.41) is 6.93. The summed E-state index contributed by atoms with van der Waals surface area (Å²) in [6.07, 6.45) is 2.14. The lowest BCUT2D eigenvalue weighted by Gasteiger charge is -2.11. The monoisotopic (exact) mass is 487 g/mol. The van der Waals surface area contributed by atoms with E-state index in [-0.39, 0.29) is 17.2 Å². The first-order valence-corrected chi connectivity index (χ1v) is 10.7. The number of hydrazone groups is 1. The van der Waals surface area contributed by atoms with Crippen molar-refractivity contribution in [1.82, 2.24) is 5.43 Å². The van der Waals surface area contributed by atoms with E-state index in [1.807, 2.05) is 19.1 Å². The average Bonchev–Trinajstić information content (AvgIpc) is 2.80. The van der Waals surface area contributed by atoms with Crippen LogP contribution in [0.1, 0.15) is 23.6 Å². The Bertz CT molecular complexity index is 1160. The van der Waals surface area contributed by atoms with Gasteiger partial charge in [-0.2, -0.15) is 5.10 Å². The molecule has 0 aromatic heterocycles. The largest absolute Gasteiger partial charge is 0.488 e. The zero-order valence-corrected chi connectivity index (χ0v) is 19.1. The Kier molecular flexibility index (Phi) is 8.40. The average molecular weight is 488 g/mol. The van der Waals surface area contributed by atoms with E-state index in [9.17, 15) is 14.0 Å². The summed E-state index contributed by atoms with van der Waals surface area (Å²) in [6.45, 7) is 1.89. The zero-order chi connectivity index (χ0) is 23.8. The maximum absolute atomic E-state index is 14.0. The van der Waals surface area contributed by atoms with Gasteiger partial charge >= 0.3 is 11.8 Å². The van der Waals surface area contributed by atoms with Crippen molar-refractivity contribution in [2.75, 3.05) is 5.32 Å². The molecule has 0 heterocycles. The van der Waals surface area contributed by atoms with Crippen molar-refractivity contribution in [3.63, 3.8) is 0 Å². The summed E-state index contributed by atoms with van der Waals surface area (Å²) in [7, 11) is 0. The molecule has 3 rings (SSSR count). The van der Waals surface area contributed by atoms with Gasteiger partial charge in [-0.25, -0.2) is 9.82 Å². The number of nitrogens with zero attached hydrogens (tertiary/aromatic N) is 1. The first-order chi connectivity index (χ1) is 15.9. The van der Waals surface area contributed by atoms with Gasteiger partial charge in [-0.1, -0.05) is 48.3 Å². The van der Waals surface area contributed by atoms with Crippen LogP contribution in [0.3, 0.4) is 0 Å². The van der Waals surface area contributed by atoms with Crippen LogP contribution in [0.5, 0.6) is 5.75 Å². The molecule has 2 amide bonds. The Morgan fingerprint density at radius 1 is 1.06 bits per heavy atom. The Labute approximate surface area is 200 Å². The molecule has 0 saturated heterocycles. The Morgan fingerprint density at radius 3 is 2.52 bits per heavy atom. The van der Waals surface area contributed by atoms with Crippen LogP contribution in [-0.4, -0.2) is 18.0 Å². The summed E-state index contributed by atoms with van der Waals surface area (Å²) in [6, 6.07) is 16.2. The molecule has 0 unspecified atom stereocenters. The van der Waals surface area contributed by atoms with Crippen LogP contribution in [0.25, 0.3) is 0 Å². The maximum Gasteiger partial charge on any atom is 0.329 e. The predicted molar refractivity (Wildman–Crippen MR) is 127 cm³/mol. The molecule has 0 bridgehead atoms. The van der Waals surface area contributed by atoms with Gasteiger partial charge in [-0.3, -0.25) is 9.59 Å². The van der Waals surface area contributed by atoms with E-state index in [4.69, 9.17) is 27.9 Å². The van der Waals surface area contributed by atoms with Gasteiger partial charge in [0.2, 0.25) is 0 Å². The number of hydrogen-bond donors (Lipinski definition) is 2. The SMILES string of the molecule is CCc1ccc(NC(=O)C(=O)N/N=C\c2cc(Cl)ccc2OCc2c(F)cccc2Cl)cc1. The second kappa shape index (κ2) is 11.4. The third kappa shape index (κ3) is 6.78. The third-order valence-corrected chi connectivity index (χ3v) is 5.19. The maximum atomic E-state index is 14.0. The van der Waals surface area contributed by atoms with Gasteiger partial charge in [0.15, 0.2) is 0 Å². The number of nitrogens with one attached hydrogen (secondary N) is 2. The highest BCUT2D eigenvalue weighted by atomic mass is 35.5. The summed E-state index contributed by atoms with van der Waals surface area (Å²) < 4.78 is 19.7. The van der Waals surface area contributed by atoms with Crippen LogP contribution >= 0.6 is 23.2 Å². The highest BCUT2D eigenvalue weighted by molar-refractivity contribution is 6.39. The number of carbonyl (C=O) groups is 2. The molecule has 0 aliphatic rings. The van der Waals surface area contributed by atoms with Gasteiger partial charge in [-0.05, 0) is 54.4 Å². The van der Waals surface area contributed by atoms with Crippen LogP contribution in [0.2, 0.25) is 10.0 Å². The first kappa shape index (κ1) is 24.2. The van der Waals surface area contributed by atoms with E-state index in [1.54, 1.807) is 36.4 Å². The second-order valence-corrected chi connectivity index (χ2v) is 7.72. The summed E-state index contributed by atoms with van der Waals surface area (Å²) >= 11 is 12.1. The van der Waals surface area contributed by atoms with Crippen molar-refractivity contribution in [1.29, 1.82) is 0 Å². The minimum atomic E-state index is -0.951. The molecule has 6 nitrogen and oxygen atoms in total. The van der Waals surface area contributed by atoms with Gasteiger partial charge in [0.1, 0.15) is 18.2 Å². The minimum absolute atomic E-state index is 0.125. The molecule has 170 valence electrons. The Hall–Kier alpha value is -3.42. The van der Waals surface area contributed by atoms with Crippen molar-refractivity contribution < 1.29 is 18.7 Å². The van der Waals surface area contributed by atoms with E-state index in [0.717, 1.165) is 12.0 Å². The van der Waals surface area contributed by atoms with Crippen LogP contribution in [-0.2, 0) is 22.6 Å². The Morgan fingerprint density at radius 2 is 1.82 bits per heavy atom. The number of amides is 2. The fourth-order valence-electron chi connectivity index (χ4n) is 2.79. The molecule has 0 radical (unpaired) electrons. The number of rotatable bonds is 7. The highest BCUT2D eigenvalue weighted by Crippen LogP contribution is 2.25. The first-order valence-electron chi connectivity index (χ1n) is 9.96. The fourth-order valence-corrected chi connectivity index (χ4v) is 3.19. The topological polar surface area (TPSA) is 79.8 Å². The smallest absolute Gasteiger partial charge is 0.329 e. The van der Waals surface area contributed by atoms with E-state index in [2.05, 4.69) is 15.8 Å². The van der Waals surface area contributed by atoms with Crippen molar-refractivity contribution in [3.8, 4) is 5.75 Å². The number of halogens is 3. The highest BCUT2D eigenvalue weighted by Gasteiger charge is 2.13. The Balaban J connectivity index is 1.63. The van der Waals surface area contributed by atoms with Crippen LogP contribution in [0.4, 0.5) is 10.1 Å². The standard InChI is InChI=1S/C24H20Cl2FN3O3/c1-2-15-6-9-18(10-7-15)29-23(31)24(32)30-28-13-16-12-17(25)8-11-22(16)33-14-19-20(26)4-3-5-21(19)27/h3-13H,2,14H2,1H3,(H,29,31)(H,30,32)/b28-13-. The fraction of sp³-hybridized carbons (Fsp3) is 0.125. The number of carbonyl (C=O) groups excluding carboxylic acids is 2. The molecule has 9 heteroatoms. The quantitative estimate of drug-likeness (QED) is 0.267. The summed E-state index contributed by atoms with van der Waals surface area (Å²) in [5.41, 5.74) is 4.37. The molecule has 2 N–H and O–H groups in total. The van der Waals surface area contributed by atoms with E-state index < -0.39 is 17.6 Å².